The molecule has 0 atom stereocenters. The van der Waals surface area contributed by atoms with E-state index in [0.29, 0.717) is 6.61 Å². The third-order valence-corrected chi connectivity index (χ3v) is 6.97. The number of carbonyl (C=O) groups is 1. The van der Waals surface area contributed by atoms with Crippen LogP contribution >= 0.6 is 22.7 Å². The molecule has 3 aromatic rings. The van der Waals surface area contributed by atoms with Crippen molar-refractivity contribution in [1.82, 2.24) is 9.80 Å². The standard InChI is InChI=1S/C24H26N2O2S2/c1-2-6-20-7-3-4-9-22(20)28-17-19-15-23(30-18-19)24(27)26-12-10-25(11-13-26)16-21-8-5-14-29-21/h2-9,14-15,18H,10-13,16-17H2,1H3/b6-2+. The Bertz CT molecular complexity index is 986. The highest BCUT2D eigenvalue weighted by molar-refractivity contribution is 7.12. The molecule has 2 aromatic heterocycles. The van der Waals surface area contributed by atoms with Crippen LogP contribution in [0.5, 0.6) is 5.75 Å². The Kier molecular flexibility index (Phi) is 7.00. The molecule has 1 saturated heterocycles. The molecule has 30 heavy (non-hydrogen) atoms. The minimum Gasteiger partial charge on any atom is -0.488 e. The van der Waals surface area contributed by atoms with Gasteiger partial charge in [0, 0.05) is 48.7 Å². The normalized spacial score (nSPS) is 15.0. The van der Waals surface area contributed by atoms with Gasteiger partial charge in [-0.15, -0.1) is 22.7 Å². The number of nitrogens with zero attached hydrogens (tertiary/aromatic N) is 2. The van der Waals surface area contributed by atoms with Crippen molar-refractivity contribution >= 4 is 34.7 Å². The Morgan fingerprint density at radius 2 is 1.93 bits per heavy atom. The first kappa shape index (κ1) is 20.8. The topological polar surface area (TPSA) is 32.8 Å². The van der Waals surface area contributed by atoms with Crippen LogP contribution < -0.4 is 4.74 Å². The zero-order chi connectivity index (χ0) is 20.8. The predicted octanol–water partition coefficient (Wildman–Crippen LogP) is 5.38. The molecule has 0 N–H and O–H groups in total. The molecule has 1 aromatic carbocycles. The van der Waals surface area contributed by atoms with Crippen LogP contribution in [0.3, 0.4) is 0 Å². The summed E-state index contributed by atoms with van der Waals surface area (Å²) in [5.41, 5.74) is 2.10. The molecule has 1 aliphatic heterocycles. The van der Waals surface area contributed by atoms with Gasteiger partial charge in [-0.05, 0) is 35.9 Å². The maximum absolute atomic E-state index is 12.9. The van der Waals surface area contributed by atoms with E-state index in [4.69, 9.17) is 4.74 Å². The van der Waals surface area contributed by atoms with Crippen molar-refractivity contribution in [2.24, 2.45) is 0 Å². The van der Waals surface area contributed by atoms with Crippen molar-refractivity contribution in [2.75, 3.05) is 26.2 Å². The number of para-hydroxylation sites is 1. The number of piperazine rings is 1. The Balaban J connectivity index is 1.30. The van der Waals surface area contributed by atoms with Crippen LogP contribution in [0.15, 0.2) is 59.3 Å². The maximum atomic E-state index is 12.9. The lowest BCUT2D eigenvalue weighted by Gasteiger charge is -2.34. The smallest absolute Gasteiger partial charge is 0.264 e. The average molecular weight is 439 g/mol. The van der Waals surface area contributed by atoms with E-state index in [1.165, 1.54) is 16.2 Å². The number of ether oxygens (including phenoxy) is 1. The van der Waals surface area contributed by atoms with Gasteiger partial charge in [-0.3, -0.25) is 9.69 Å². The van der Waals surface area contributed by atoms with E-state index in [2.05, 4.69) is 22.4 Å². The van der Waals surface area contributed by atoms with Crippen molar-refractivity contribution in [3.63, 3.8) is 0 Å². The van der Waals surface area contributed by atoms with Gasteiger partial charge >= 0.3 is 0 Å². The fraction of sp³-hybridized carbons (Fsp3) is 0.292. The number of hydrogen-bond acceptors (Lipinski definition) is 5. The van der Waals surface area contributed by atoms with Crippen molar-refractivity contribution < 1.29 is 9.53 Å². The second-order valence-corrected chi connectivity index (χ2v) is 9.24. The first-order valence-corrected chi connectivity index (χ1v) is 11.9. The van der Waals surface area contributed by atoms with Gasteiger partial charge in [0.05, 0.1) is 4.88 Å². The van der Waals surface area contributed by atoms with Gasteiger partial charge in [-0.1, -0.05) is 36.4 Å². The van der Waals surface area contributed by atoms with Crippen molar-refractivity contribution in [3.8, 4) is 5.75 Å². The van der Waals surface area contributed by atoms with E-state index in [1.807, 2.05) is 59.7 Å². The molecule has 1 amide bonds. The fourth-order valence-corrected chi connectivity index (χ4v) is 5.15. The Hall–Kier alpha value is -2.41. The number of thiophene rings is 2. The summed E-state index contributed by atoms with van der Waals surface area (Å²) in [6.45, 7) is 6.85. The third kappa shape index (κ3) is 5.19. The van der Waals surface area contributed by atoms with E-state index < -0.39 is 0 Å². The number of allylic oxidation sites excluding steroid dienone is 1. The molecular weight excluding hydrogens is 412 g/mol. The van der Waals surface area contributed by atoms with E-state index in [9.17, 15) is 4.79 Å². The second-order valence-electron chi connectivity index (χ2n) is 7.29. The number of carbonyl (C=O) groups excluding carboxylic acids is 1. The molecule has 0 unspecified atom stereocenters. The summed E-state index contributed by atoms with van der Waals surface area (Å²) in [7, 11) is 0. The van der Waals surface area contributed by atoms with Gasteiger partial charge in [-0.2, -0.15) is 0 Å². The van der Waals surface area contributed by atoms with Crippen LogP contribution in [0.25, 0.3) is 6.08 Å². The van der Waals surface area contributed by atoms with Crippen LogP contribution in [0.4, 0.5) is 0 Å². The number of amides is 1. The minimum atomic E-state index is 0.136. The average Bonchev–Trinajstić information content (AvgIpc) is 3.46. The summed E-state index contributed by atoms with van der Waals surface area (Å²) >= 11 is 3.30. The SMILES string of the molecule is C/C=C/c1ccccc1OCc1csc(C(=O)N2CCN(Cc3cccs3)CC2)c1. The molecule has 6 heteroatoms. The Labute approximate surface area is 186 Å². The van der Waals surface area contributed by atoms with Crippen LogP contribution in [0.2, 0.25) is 0 Å². The zero-order valence-electron chi connectivity index (χ0n) is 17.1. The predicted molar refractivity (Wildman–Crippen MR) is 125 cm³/mol. The minimum absolute atomic E-state index is 0.136. The summed E-state index contributed by atoms with van der Waals surface area (Å²) in [5, 5.41) is 4.14. The molecular formula is C24H26N2O2S2. The number of rotatable bonds is 7. The summed E-state index contributed by atoms with van der Waals surface area (Å²) in [5.74, 6) is 0.993. The zero-order valence-corrected chi connectivity index (χ0v) is 18.8. The molecule has 0 bridgehead atoms. The van der Waals surface area contributed by atoms with E-state index >= 15 is 0 Å². The summed E-state index contributed by atoms with van der Waals surface area (Å²) in [4.78, 5) is 19.5. The van der Waals surface area contributed by atoms with Crippen LogP contribution in [0, 0.1) is 0 Å². The molecule has 4 rings (SSSR count). The molecule has 0 radical (unpaired) electrons. The molecule has 3 heterocycles. The van der Waals surface area contributed by atoms with Gasteiger partial charge in [-0.25, -0.2) is 0 Å². The van der Waals surface area contributed by atoms with Crippen molar-refractivity contribution in [3.05, 3.63) is 80.2 Å². The lowest BCUT2D eigenvalue weighted by molar-refractivity contribution is 0.0634. The molecule has 1 fully saturated rings. The monoisotopic (exact) mass is 438 g/mol. The molecule has 4 nitrogen and oxygen atoms in total. The fourth-order valence-electron chi connectivity index (χ4n) is 3.54. The maximum Gasteiger partial charge on any atom is 0.264 e. The first-order valence-electron chi connectivity index (χ1n) is 10.2. The Morgan fingerprint density at radius 3 is 2.70 bits per heavy atom. The Morgan fingerprint density at radius 1 is 1.10 bits per heavy atom. The quantitative estimate of drug-likeness (QED) is 0.496. The van der Waals surface area contributed by atoms with Crippen LogP contribution in [0.1, 0.15) is 32.6 Å². The molecule has 0 saturated carbocycles. The highest BCUT2D eigenvalue weighted by Crippen LogP contribution is 2.23. The van der Waals surface area contributed by atoms with E-state index in [1.54, 1.807) is 11.3 Å². The number of benzene rings is 1. The van der Waals surface area contributed by atoms with Crippen LogP contribution in [-0.4, -0.2) is 41.9 Å². The molecule has 156 valence electrons. The summed E-state index contributed by atoms with van der Waals surface area (Å²) in [6, 6.07) is 14.2. The molecule has 0 aliphatic carbocycles. The highest BCUT2D eigenvalue weighted by atomic mass is 32.1. The lowest BCUT2D eigenvalue weighted by Crippen LogP contribution is -2.48. The van der Waals surface area contributed by atoms with Crippen molar-refractivity contribution in [1.29, 1.82) is 0 Å². The van der Waals surface area contributed by atoms with Crippen molar-refractivity contribution in [2.45, 2.75) is 20.1 Å². The molecule has 0 spiro atoms. The lowest BCUT2D eigenvalue weighted by atomic mass is 10.2. The van der Waals surface area contributed by atoms with Gasteiger partial charge in [0.15, 0.2) is 0 Å². The van der Waals surface area contributed by atoms with Gasteiger partial charge in [0.2, 0.25) is 0 Å². The second kappa shape index (κ2) is 10.1. The summed E-state index contributed by atoms with van der Waals surface area (Å²) < 4.78 is 6.00. The van der Waals surface area contributed by atoms with Gasteiger partial charge in [0.1, 0.15) is 12.4 Å². The number of hydrogen-bond donors (Lipinski definition) is 0. The van der Waals surface area contributed by atoms with E-state index in [-0.39, 0.29) is 5.91 Å². The van der Waals surface area contributed by atoms with E-state index in [0.717, 1.165) is 54.5 Å². The van der Waals surface area contributed by atoms with Gasteiger partial charge < -0.3 is 9.64 Å². The molecule has 1 aliphatic rings. The third-order valence-electron chi connectivity index (χ3n) is 5.14. The summed E-state index contributed by atoms with van der Waals surface area (Å²) in [6.07, 6.45) is 4.04. The highest BCUT2D eigenvalue weighted by Gasteiger charge is 2.23. The largest absolute Gasteiger partial charge is 0.488 e. The van der Waals surface area contributed by atoms with Gasteiger partial charge in [0.25, 0.3) is 5.91 Å². The first-order chi connectivity index (χ1) is 14.7. The van der Waals surface area contributed by atoms with Crippen LogP contribution in [-0.2, 0) is 13.2 Å².